The summed E-state index contributed by atoms with van der Waals surface area (Å²) in [6.07, 6.45) is 6.29. The Morgan fingerprint density at radius 1 is 0.943 bits per heavy atom. The Morgan fingerprint density at radius 3 is 2.23 bits per heavy atom. The van der Waals surface area contributed by atoms with Crippen molar-refractivity contribution in [3.05, 3.63) is 69.8 Å². The molecular weight excluding hydrogens is 444 g/mol. The number of non-ortho nitro benzene ring substituents is 1. The number of aromatic nitrogens is 3. The molecule has 182 valence electrons. The molecule has 3 aromatic rings. The van der Waals surface area contributed by atoms with E-state index >= 15 is 0 Å². The third-order valence-corrected chi connectivity index (χ3v) is 5.83. The monoisotopic (exact) mass is 474 g/mol. The molecule has 2 heterocycles. The largest absolute Gasteiger partial charge is 0.341 e. The van der Waals surface area contributed by atoms with Crippen LogP contribution in [0.25, 0.3) is 0 Å². The Kier molecular flexibility index (Phi) is 7.81. The van der Waals surface area contributed by atoms with E-state index in [1.165, 1.54) is 30.5 Å². The van der Waals surface area contributed by atoms with Crippen LogP contribution in [0.5, 0.6) is 0 Å². The number of rotatable bonds is 8. The van der Waals surface area contributed by atoms with Crippen LogP contribution >= 0.6 is 0 Å². The van der Waals surface area contributed by atoms with Crippen LogP contribution in [0.3, 0.4) is 0 Å². The summed E-state index contributed by atoms with van der Waals surface area (Å²) in [6.45, 7) is 6.09. The number of nitrogens with zero attached hydrogens (tertiary/aromatic N) is 6. The summed E-state index contributed by atoms with van der Waals surface area (Å²) in [5.41, 5.74) is 5.83. The van der Waals surface area contributed by atoms with Crippen molar-refractivity contribution >= 4 is 35.4 Å². The second-order valence-electron chi connectivity index (χ2n) is 8.80. The normalized spacial score (nSPS) is 14.2. The van der Waals surface area contributed by atoms with Gasteiger partial charge in [0.25, 0.3) is 5.69 Å². The summed E-state index contributed by atoms with van der Waals surface area (Å²) in [5, 5.41) is 18.4. The van der Waals surface area contributed by atoms with Gasteiger partial charge in [-0.1, -0.05) is 51.0 Å². The van der Waals surface area contributed by atoms with E-state index in [0.29, 0.717) is 29.5 Å². The SMILES string of the molecule is CC(C)c1ccc(/C=N/Nc2nc(Nc3ccc([N+](=O)[O-])cc3)nc(N3CCCCCC3)n2)cc1. The molecule has 2 aromatic carbocycles. The minimum absolute atomic E-state index is 0.0228. The van der Waals surface area contributed by atoms with Gasteiger partial charge in [0.1, 0.15) is 0 Å². The fraction of sp³-hybridized carbons (Fsp3) is 0.360. The average Bonchev–Trinajstić information content (AvgIpc) is 3.14. The van der Waals surface area contributed by atoms with Gasteiger partial charge in [0.05, 0.1) is 11.1 Å². The number of hydrazone groups is 1. The van der Waals surface area contributed by atoms with Crippen LogP contribution in [0.2, 0.25) is 0 Å². The highest BCUT2D eigenvalue weighted by atomic mass is 16.6. The fourth-order valence-corrected chi connectivity index (χ4v) is 3.81. The molecule has 1 aromatic heterocycles. The maximum absolute atomic E-state index is 10.9. The Morgan fingerprint density at radius 2 is 1.60 bits per heavy atom. The standard InChI is InChI=1S/C25H30N8O2/c1-18(2)20-9-7-19(8-10-20)17-26-31-24-28-23(27-21-11-13-22(14-12-21)33(34)35)29-25(30-24)32-15-5-3-4-6-16-32/h7-14,17-18H,3-6,15-16H2,1-2H3,(H2,27,28,29,30,31)/b26-17+. The van der Waals surface area contributed by atoms with Gasteiger partial charge in [-0.25, -0.2) is 5.43 Å². The number of hydrogen-bond donors (Lipinski definition) is 2. The molecule has 4 rings (SSSR count). The Bertz CT molecular complexity index is 1160. The van der Waals surface area contributed by atoms with E-state index in [-0.39, 0.29) is 5.69 Å². The van der Waals surface area contributed by atoms with E-state index in [0.717, 1.165) is 31.5 Å². The van der Waals surface area contributed by atoms with Crippen LogP contribution in [0.1, 0.15) is 56.6 Å². The summed E-state index contributed by atoms with van der Waals surface area (Å²) in [4.78, 5) is 26.3. The first-order valence-corrected chi connectivity index (χ1v) is 11.9. The third kappa shape index (κ3) is 6.72. The summed E-state index contributed by atoms with van der Waals surface area (Å²) >= 11 is 0. The van der Waals surface area contributed by atoms with Gasteiger partial charge in [-0.05, 0) is 42.0 Å². The van der Waals surface area contributed by atoms with Gasteiger partial charge in [-0.3, -0.25) is 10.1 Å². The van der Waals surface area contributed by atoms with Gasteiger partial charge in [-0.15, -0.1) is 0 Å². The van der Waals surface area contributed by atoms with Gasteiger partial charge in [-0.2, -0.15) is 20.1 Å². The second kappa shape index (κ2) is 11.4. The van der Waals surface area contributed by atoms with Gasteiger partial charge < -0.3 is 10.2 Å². The number of nitro groups is 1. The molecule has 1 aliphatic heterocycles. The highest BCUT2D eigenvalue weighted by Gasteiger charge is 2.16. The molecule has 0 aliphatic carbocycles. The molecule has 10 heteroatoms. The third-order valence-electron chi connectivity index (χ3n) is 5.83. The zero-order valence-electron chi connectivity index (χ0n) is 20.0. The minimum atomic E-state index is -0.430. The molecule has 0 bridgehead atoms. The van der Waals surface area contributed by atoms with Crippen molar-refractivity contribution in [3.8, 4) is 0 Å². The molecule has 2 N–H and O–H groups in total. The van der Waals surface area contributed by atoms with Crippen molar-refractivity contribution in [3.63, 3.8) is 0 Å². The maximum Gasteiger partial charge on any atom is 0.269 e. The lowest BCUT2D eigenvalue weighted by atomic mass is 10.0. The first-order valence-electron chi connectivity index (χ1n) is 11.9. The molecule has 35 heavy (non-hydrogen) atoms. The highest BCUT2D eigenvalue weighted by molar-refractivity contribution is 5.80. The minimum Gasteiger partial charge on any atom is -0.341 e. The number of benzene rings is 2. The Balaban J connectivity index is 1.54. The zero-order valence-corrected chi connectivity index (χ0v) is 20.0. The lowest BCUT2D eigenvalue weighted by Crippen LogP contribution is -2.26. The fourth-order valence-electron chi connectivity index (χ4n) is 3.81. The first kappa shape index (κ1) is 24.1. The second-order valence-corrected chi connectivity index (χ2v) is 8.80. The number of nitrogens with one attached hydrogen (secondary N) is 2. The zero-order chi connectivity index (χ0) is 24.6. The van der Waals surface area contributed by atoms with Crippen molar-refractivity contribution in [1.29, 1.82) is 0 Å². The predicted octanol–water partition coefficient (Wildman–Crippen LogP) is 5.47. The average molecular weight is 475 g/mol. The molecule has 0 amide bonds. The molecule has 10 nitrogen and oxygen atoms in total. The van der Waals surface area contributed by atoms with E-state index < -0.39 is 4.92 Å². The molecule has 1 saturated heterocycles. The molecule has 0 atom stereocenters. The predicted molar refractivity (Wildman–Crippen MR) is 139 cm³/mol. The highest BCUT2D eigenvalue weighted by Crippen LogP contribution is 2.22. The molecule has 0 unspecified atom stereocenters. The maximum atomic E-state index is 10.9. The van der Waals surface area contributed by atoms with Crippen molar-refractivity contribution in [2.24, 2.45) is 5.10 Å². The Hall–Kier alpha value is -4.08. The van der Waals surface area contributed by atoms with Gasteiger partial charge in [0.2, 0.25) is 17.8 Å². The van der Waals surface area contributed by atoms with Crippen molar-refractivity contribution in [2.45, 2.75) is 45.4 Å². The summed E-state index contributed by atoms with van der Waals surface area (Å²) in [5.74, 6) is 1.71. The van der Waals surface area contributed by atoms with E-state index in [2.05, 4.69) is 61.7 Å². The molecule has 1 aliphatic rings. The smallest absolute Gasteiger partial charge is 0.269 e. The molecule has 0 saturated carbocycles. The number of anilines is 4. The number of hydrogen-bond acceptors (Lipinski definition) is 9. The summed E-state index contributed by atoms with van der Waals surface area (Å²) in [7, 11) is 0. The van der Waals surface area contributed by atoms with Crippen LogP contribution in [-0.4, -0.2) is 39.2 Å². The van der Waals surface area contributed by atoms with Crippen molar-refractivity contribution in [1.82, 2.24) is 15.0 Å². The molecule has 0 spiro atoms. The lowest BCUT2D eigenvalue weighted by molar-refractivity contribution is -0.384. The van der Waals surface area contributed by atoms with E-state index in [1.807, 2.05) is 12.1 Å². The summed E-state index contributed by atoms with van der Waals surface area (Å²) in [6, 6.07) is 14.4. The van der Waals surface area contributed by atoms with Crippen LogP contribution < -0.4 is 15.6 Å². The Labute approximate surface area is 204 Å². The van der Waals surface area contributed by atoms with Crippen molar-refractivity contribution in [2.75, 3.05) is 28.7 Å². The van der Waals surface area contributed by atoms with Gasteiger partial charge >= 0.3 is 0 Å². The molecule has 1 fully saturated rings. The van der Waals surface area contributed by atoms with Crippen LogP contribution in [0.4, 0.5) is 29.2 Å². The van der Waals surface area contributed by atoms with E-state index in [9.17, 15) is 10.1 Å². The molecule has 0 radical (unpaired) electrons. The van der Waals surface area contributed by atoms with Gasteiger partial charge in [0.15, 0.2) is 0 Å². The topological polar surface area (TPSA) is 121 Å². The number of nitro benzene ring substituents is 1. The van der Waals surface area contributed by atoms with E-state index in [4.69, 9.17) is 0 Å². The van der Waals surface area contributed by atoms with Crippen LogP contribution in [0.15, 0.2) is 53.6 Å². The first-order chi connectivity index (χ1) is 17.0. The quantitative estimate of drug-likeness (QED) is 0.250. The van der Waals surface area contributed by atoms with Crippen LogP contribution in [-0.2, 0) is 0 Å². The van der Waals surface area contributed by atoms with Gasteiger partial charge in [0, 0.05) is 30.9 Å². The van der Waals surface area contributed by atoms with Crippen molar-refractivity contribution < 1.29 is 4.92 Å². The van der Waals surface area contributed by atoms with Crippen LogP contribution in [0, 0.1) is 10.1 Å². The summed E-state index contributed by atoms with van der Waals surface area (Å²) < 4.78 is 0. The lowest BCUT2D eigenvalue weighted by Gasteiger charge is -2.21. The molecular formula is C25H30N8O2. The van der Waals surface area contributed by atoms with E-state index in [1.54, 1.807) is 18.3 Å².